The molecule has 4 aromatic rings. The van der Waals surface area contributed by atoms with E-state index >= 15 is 0 Å². The number of likely N-dealkylation sites (N-methyl/N-ethyl adjacent to an activating group) is 1. The van der Waals surface area contributed by atoms with Crippen LogP contribution in [0.3, 0.4) is 0 Å². The number of fused-ring (bicyclic) bond motifs is 5. The van der Waals surface area contributed by atoms with Gasteiger partial charge in [0.2, 0.25) is 0 Å². The summed E-state index contributed by atoms with van der Waals surface area (Å²) in [5, 5.41) is 6.15. The van der Waals surface area contributed by atoms with Crippen LogP contribution in [0.4, 0.5) is 0 Å². The molecule has 10 nitrogen and oxygen atoms in total. The van der Waals surface area contributed by atoms with Crippen molar-refractivity contribution in [2.75, 3.05) is 33.8 Å². The first-order valence-electron chi connectivity index (χ1n) is 16.6. The summed E-state index contributed by atoms with van der Waals surface area (Å²) in [6.45, 7) is 2.35. The number of piperazine rings is 1. The Morgan fingerprint density at radius 2 is 1.73 bits per heavy atom. The highest BCUT2D eigenvalue weighted by Gasteiger charge is 2.35. The third-order valence-electron chi connectivity index (χ3n) is 10.1. The summed E-state index contributed by atoms with van der Waals surface area (Å²) in [6.07, 6.45) is 7.56. The molecule has 1 atom stereocenters. The maximum absolute atomic E-state index is 14.8. The van der Waals surface area contributed by atoms with Gasteiger partial charge in [0.15, 0.2) is 0 Å². The Balaban J connectivity index is 1.42. The molecule has 3 N–H and O–H groups in total. The molecule has 0 radical (unpaired) electrons. The van der Waals surface area contributed by atoms with E-state index in [0.29, 0.717) is 23.8 Å². The lowest BCUT2D eigenvalue weighted by molar-refractivity contribution is -0.132. The highest BCUT2D eigenvalue weighted by Crippen LogP contribution is 2.47. The van der Waals surface area contributed by atoms with E-state index in [1.54, 1.807) is 19.2 Å². The van der Waals surface area contributed by atoms with Gasteiger partial charge in [-0.05, 0) is 78.9 Å². The molecule has 7 rings (SSSR count). The number of nitrogens with two attached hydrogens (primary N) is 1. The Kier molecular flexibility index (Phi) is 8.61. The second-order valence-electron chi connectivity index (χ2n) is 13.2. The molecule has 1 aliphatic carbocycles. The minimum absolute atomic E-state index is 0.0391. The van der Waals surface area contributed by atoms with Crippen LogP contribution >= 0.6 is 0 Å². The van der Waals surface area contributed by atoms with Crippen LogP contribution in [-0.4, -0.2) is 68.4 Å². The van der Waals surface area contributed by atoms with Crippen LogP contribution in [0.5, 0.6) is 5.75 Å². The van der Waals surface area contributed by atoms with Crippen molar-refractivity contribution < 1.29 is 22.7 Å². The van der Waals surface area contributed by atoms with E-state index in [0.717, 1.165) is 72.1 Å². The van der Waals surface area contributed by atoms with Crippen molar-refractivity contribution in [1.82, 2.24) is 19.1 Å². The first-order valence-corrected chi connectivity index (χ1v) is 18.1. The van der Waals surface area contributed by atoms with E-state index < -0.39 is 16.1 Å². The molecule has 1 saturated heterocycles. The van der Waals surface area contributed by atoms with E-state index in [-0.39, 0.29) is 24.1 Å². The molecule has 1 saturated carbocycles. The second kappa shape index (κ2) is 12.9. The highest BCUT2D eigenvalue weighted by atomic mass is 32.2. The Bertz CT molecular complexity index is 2030. The quantitative estimate of drug-likeness (QED) is 0.291. The number of benzene rings is 3. The van der Waals surface area contributed by atoms with Crippen LogP contribution in [0.2, 0.25) is 0 Å². The number of nitrogens with one attached hydrogen (secondary N) is 1. The molecule has 2 aliphatic heterocycles. The number of hydrogen-bond acceptors (Lipinski definition) is 6. The van der Waals surface area contributed by atoms with Crippen LogP contribution in [-0.2, 0) is 21.5 Å². The Morgan fingerprint density at radius 1 is 0.958 bits per heavy atom. The van der Waals surface area contributed by atoms with Crippen molar-refractivity contribution in [3.8, 4) is 17.0 Å². The van der Waals surface area contributed by atoms with Gasteiger partial charge in [0, 0.05) is 47.2 Å². The summed E-state index contributed by atoms with van der Waals surface area (Å²) in [5.74, 6) is 0.156. The minimum Gasteiger partial charge on any atom is -0.497 e. The van der Waals surface area contributed by atoms with Gasteiger partial charge in [0.05, 0.1) is 25.4 Å². The van der Waals surface area contributed by atoms with E-state index in [4.69, 9.17) is 9.88 Å². The van der Waals surface area contributed by atoms with Gasteiger partial charge in [-0.2, -0.15) is 8.42 Å². The van der Waals surface area contributed by atoms with Gasteiger partial charge in [-0.15, -0.1) is 0 Å². The van der Waals surface area contributed by atoms with Gasteiger partial charge in [0.1, 0.15) is 5.75 Å². The van der Waals surface area contributed by atoms with Gasteiger partial charge >= 0.3 is 0 Å². The monoisotopic (exact) mass is 667 g/mol. The smallest absolute Gasteiger partial charge is 0.298 e. The van der Waals surface area contributed by atoms with Gasteiger partial charge in [-0.3, -0.25) is 9.59 Å². The van der Waals surface area contributed by atoms with Crippen LogP contribution in [0.25, 0.3) is 28.2 Å². The maximum atomic E-state index is 14.8. The zero-order valence-corrected chi connectivity index (χ0v) is 28.1. The van der Waals surface area contributed by atoms with Gasteiger partial charge in [0.25, 0.3) is 22.0 Å². The fraction of sp³-hybridized carbons (Fsp3) is 0.351. The predicted molar refractivity (Wildman–Crippen MR) is 187 cm³/mol. The molecular formula is C37H41N5O5S. The van der Waals surface area contributed by atoms with Gasteiger partial charge in [-0.25, -0.2) is 9.86 Å². The SMILES string of the molecule is COc1ccc2c(c1)C=C(C(=O)N1CCN(C)CC1c1ccccc1)Cn1c-2c(C2CCCCC2)c2ccc(C(=O)NS(N)(=O)=O)cc21. The Morgan fingerprint density at radius 3 is 2.46 bits per heavy atom. The molecule has 1 aromatic heterocycles. The zero-order valence-electron chi connectivity index (χ0n) is 27.3. The molecule has 2 fully saturated rings. The highest BCUT2D eigenvalue weighted by molar-refractivity contribution is 7.87. The summed E-state index contributed by atoms with van der Waals surface area (Å²) >= 11 is 0. The van der Waals surface area contributed by atoms with Crippen molar-refractivity contribution in [3.05, 3.63) is 94.6 Å². The lowest BCUT2D eigenvalue weighted by Gasteiger charge is -2.40. The lowest BCUT2D eigenvalue weighted by Crippen LogP contribution is -2.49. The summed E-state index contributed by atoms with van der Waals surface area (Å²) in [6, 6.07) is 21.3. The molecular weight excluding hydrogens is 627 g/mol. The third-order valence-corrected chi connectivity index (χ3v) is 10.6. The van der Waals surface area contributed by atoms with Crippen molar-refractivity contribution in [2.24, 2.45) is 5.14 Å². The van der Waals surface area contributed by atoms with E-state index in [1.807, 2.05) is 52.1 Å². The summed E-state index contributed by atoms with van der Waals surface area (Å²) in [4.78, 5) is 32.1. The van der Waals surface area contributed by atoms with Crippen molar-refractivity contribution >= 4 is 39.0 Å². The van der Waals surface area contributed by atoms with Crippen LogP contribution in [0.1, 0.15) is 71.1 Å². The molecule has 0 spiro atoms. The van der Waals surface area contributed by atoms with Crippen molar-refractivity contribution in [3.63, 3.8) is 0 Å². The van der Waals surface area contributed by atoms with Crippen LogP contribution in [0, 0.1) is 0 Å². The average Bonchev–Trinajstić information content (AvgIpc) is 3.30. The van der Waals surface area contributed by atoms with Crippen LogP contribution in [0.15, 0.2) is 72.3 Å². The predicted octanol–water partition coefficient (Wildman–Crippen LogP) is 5.21. The topological polar surface area (TPSA) is 127 Å². The number of carbonyl (C=O) groups excluding carboxylic acids is 2. The standard InChI is InChI=1S/C37H41N5O5S/c1-40-17-18-41(33(23-40)24-9-5-3-6-10-24)37(44)28-19-27-20-29(47-2)14-16-30(27)35-34(25-11-7-4-8-12-25)31-15-13-26(21-32(31)42(35)22-28)36(43)39-48(38,45)46/h3,5-6,9-10,13-16,19-21,25,33H,4,7-8,11-12,17-18,22-23H2,1-2H3,(H,39,43)(H2,38,45,46). The van der Waals surface area contributed by atoms with Crippen LogP contribution < -0.4 is 14.6 Å². The van der Waals surface area contributed by atoms with E-state index in [2.05, 4.69) is 34.7 Å². The summed E-state index contributed by atoms with van der Waals surface area (Å²) in [7, 11) is -0.528. The minimum atomic E-state index is -4.25. The largest absolute Gasteiger partial charge is 0.497 e. The molecule has 3 heterocycles. The third kappa shape index (κ3) is 6.13. The zero-order chi connectivity index (χ0) is 33.6. The number of methoxy groups -OCH3 is 1. The Labute approximate surface area is 281 Å². The average molecular weight is 668 g/mol. The summed E-state index contributed by atoms with van der Waals surface area (Å²) < 4.78 is 33.2. The molecule has 1 unspecified atom stereocenters. The van der Waals surface area contributed by atoms with E-state index in [1.165, 1.54) is 12.0 Å². The molecule has 250 valence electrons. The number of aromatic nitrogens is 1. The number of nitrogens with zero attached hydrogens (tertiary/aromatic N) is 3. The lowest BCUT2D eigenvalue weighted by atomic mass is 9.81. The Hall–Kier alpha value is -4.45. The number of rotatable bonds is 6. The number of carbonyl (C=O) groups is 2. The van der Waals surface area contributed by atoms with Crippen molar-refractivity contribution in [1.29, 1.82) is 0 Å². The molecule has 48 heavy (non-hydrogen) atoms. The van der Waals surface area contributed by atoms with Gasteiger partial charge in [-0.1, -0.05) is 55.7 Å². The van der Waals surface area contributed by atoms with Crippen molar-refractivity contribution in [2.45, 2.75) is 50.6 Å². The number of ether oxygens (including phenoxy) is 1. The van der Waals surface area contributed by atoms with Gasteiger partial charge < -0.3 is 19.1 Å². The molecule has 3 aliphatic rings. The fourth-order valence-electron chi connectivity index (χ4n) is 7.81. The second-order valence-corrected chi connectivity index (χ2v) is 14.5. The fourth-order valence-corrected chi connectivity index (χ4v) is 8.18. The number of hydrogen-bond donors (Lipinski definition) is 2. The normalized spacial score (nSPS) is 18.9. The molecule has 2 amide bonds. The maximum Gasteiger partial charge on any atom is 0.298 e. The number of amides is 2. The molecule has 0 bridgehead atoms. The van der Waals surface area contributed by atoms with E-state index in [9.17, 15) is 18.0 Å². The molecule has 11 heteroatoms. The first-order chi connectivity index (χ1) is 23.1. The summed E-state index contributed by atoms with van der Waals surface area (Å²) in [5.41, 5.74) is 6.78. The molecule has 3 aromatic carbocycles. The first kappa shape index (κ1) is 32.1.